The number of ether oxygens (including phenoxy) is 1. The van der Waals surface area contributed by atoms with Crippen LogP contribution in [0.2, 0.25) is 0 Å². The summed E-state index contributed by atoms with van der Waals surface area (Å²) in [5.41, 5.74) is 1.87. The van der Waals surface area contributed by atoms with Crippen LogP contribution in [0, 0.1) is 29.6 Å². The molecule has 2 bridgehead atoms. The highest BCUT2D eigenvalue weighted by molar-refractivity contribution is 9.10. The Labute approximate surface area is 291 Å². The van der Waals surface area contributed by atoms with Crippen LogP contribution in [0.3, 0.4) is 0 Å². The second-order valence-corrected chi connectivity index (χ2v) is 17.1. The highest BCUT2D eigenvalue weighted by atomic mass is 79.9. The number of benzene rings is 3. The van der Waals surface area contributed by atoms with Crippen LogP contribution in [0.5, 0.6) is 5.75 Å². The molecule has 11 nitrogen and oxygen atoms in total. The number of nitrogens with two attached hydrogens (primary N) is 1. The van der Waals surface area contributed by atoms with Crippen LogP contribution in [0.1, 0.15) is 22.8 Å². The van der Waals surface area contributed by atoms with Gasteiger partial charge < -0.3 is 15.0 Å². The highest BCUT2D eigenvalue weighted by Crippen LogP contribution is 2.68. The first-order chi connectivity index (χ1) is 23.0. The standard InChI is InChI=1S/C33H27BrN4O7S3/c34-16-4-8-18(9-5-16)38-31(40)26-21-13-22(27(26)32(38)41)28-25(21)24(29-30(46-28)37-33(42)47-29)15-2-1-3-19(12-15)45-14-23(39)36-17-6-10-20(11-7-17)48(35,43)44/h1-12,21-22,24-28H,13-14H2,(H,36,39)(H,37,42)(H2,35,43,44)/t21-,22-,24-,25?,26?,27?,28?/m1/s1. The van der Waals surface area contributed by atoms with Crippen molar-refractivity contribution in [1.29, 1.82) is 0 Å². The van der Waals surface area contributed by atoms with Crippen LogP contribution in [0.4, 0.5) is 11.4 Å². The van der Waals surface area contributed by atoms with E-state index in [4.69, 9.17) is 9.88 Å². The molecule has 2 aliphatic heterocycles. The van der Waals surface area contributed by atoms with Crippen LogP contribution >= 0.6 is 39.0 Å². The zero-order chi connectivity index (χ0) is 33.5. The molecule has 3 amide bonds. The Bertz CT molecular complexity index is 2150. The van der Waals surface area contributed by atoms with Gasteiger partial charge in [0.25, 0.3) is 5.91 Å². The number of nitrogens with zero attached hydrogens (tertiary/aromatic N) is 1. The van der Waals surface area contributed by atoms with Crippen LogP contribution < -0.4 is 25.0 Å². The number of amides is 3. The second-order valence-electron chi connectivity index (χ2n) is 12.4. The van der Waals surface area contributed by atoms with Crippen molar-refractivity contribution in [3.8, 4) is 5.75 Å². The molecule has 8 rings (SSSR count). The minimum Gasteiger partial charge on any atom is -0.484 e. The lowest BCUT2D eigenvalue weighted by Gasteiger charge is -2.43. The van der Waals surface area contributed by atoms with Crippen molar-refractivity contribution >= 4 is 78.1 Å². The Hall–Kier alpha value is -3.76. The predicted molar refractivity (Wildman–Crippen MR) is 184 cm³/mol. The first-order valence-corrected chi connectivity index (χ1v) is 19.2. The molecule has 48 heavy (non-hydrogen) atoms. The molecule has 3 heterocycles. The lowest BCUT2D eigenvalue weighted by molar-refractivity contribution is -0.123. The van der Waals surface area contributed by atoms with Crippen molar-refractivity contribution in [2.75, 3.05) is 16.8 Å². The minimum absolute atomic E-state index is 0.00638. The number of fused-ring (bicyclic) bond motifs is 9. The van der Waals surface area contributed by atoms with Crippen molar-refractivity contribution < 1.29 is 27.5 Å². The molecule has 1 aromatic heterocycles. The molecular formula is C33H27BrN4O7S3. The topological polar surface area (TPSA) is 169 Å². The van der Waals surface area contributed by atoms with Crippen LogP contribution in [0.15, 0.2) is 92.0 Å². The molecule has 3 aromatic carbocycles. The van der Waals surface area contributed by atoms with E-state index < -0.39 is 27.8 Å². The number of hydrogen-bond acceptors (Lipinski definition) is 9. The average Bonchev–Trinajstić information content (AvgIpc) is 3.79. The summed E-state index contributed by atoms with van der Waals surface area (Å²) in [7, 11) is -3.85. The monoisotopic (exact) mass is 766 g/mol. The van der Waals surface area contributed by atoms with Crippen molar-refractivity contribution in [3.05, 3.63) is 97.4 Å². The number of rotatable bonds is 7. The fourth-order valence-electron chi connectivity index (χ4n) is 8.11. The van der Waals surface area contributed by atoms with E-state index in [2.05, 4.69) is 26.2 Å². The molecule has 1 saturated heterocycles. The second kappa shape index (κ2) is 11.7. The number of halogens is 1. The summed E-state index contributed by atoms with van der Waals surface area (Å²) < 4.78 is 29.8. The zero-order valence-electron chi connectivity index (χ0n) is 24.9. The van der Waals surface area contributed by atoms with Gasteiger partial charge in [-0.2, -0.15) is 0 Å². The Morgan fingerprint density at radius 3 is 2.42 bits per heavy atom. The number of sulfonamides is 1. The third-order valence-corrected chi connectivity index (χ3v) is 13.9. The summed E-state index contributed by atoms with van der Waals surface area (Å²) in [6, 6.07) is 20.2. The number of imide groups is 1. The van der Waals surface area contributed by atoms with Gasteiger partial charge in [0.1, 0.15) is 5.75 Å². The fourth-order valence-corrected chi connectivity index (χ4v) is 11.8. The van der Waals surface area contributed by atoms with Crippen LogP contribution in [-0.4, -0.2) is 43.0 Å². The van der Waals surface area contributed by atoms with Gasteiger partial charge in [-0.25, -0.2) is 13.6 Å². The number of primary sulfonamides is 1. The summed E-state index contributed by atoms with van der Waals surface area (Å²) >= 11 is 6.22. The number of carbonyl (C=O) groups is 3. The van der Waals surface area contributed by atoms with E-state index in [0.29, 0.717) is 17.1 Å². The third-order valence-electron chi connectivity index (χ3n) is 9.86. The van der Waals surface area contributed by atoms with Gasteiger partial charge in [0.15, 0.2) is 6.61 Å². The number of H-pyrrole nitrogens is 1. The maximum atomic E-state index is 14.0. The molecule has 0 spiro atoms. The highest BCUT2D eigenvalue weighted by Gasteiger charge is 2.69. The lowest BCUT2D eigenvalue weighted by atomic mass is 9.68. The Morgan fingerprint density at radius 2 is 1.71 bits per heavy atom. The van der Waals surface area contributed by atoms with E-state index in [0.717, 1.165) is 26.4 Å². The quantitative estimate of drug-likeness (QED) is 0.231. The van der Waals surface area contributed by atoms with E-state index in [1.165, 1.54) is 40.5 Å². The summed E-state index contributed by atoms with van der Waals surface area (Å²) in [5.74, 6) is -1.33. The molecule has 3 fully saturated rings. The molecule has 2 aliphatic carbocycles. The first-order valence-electron chi connectivity index (χ1n) is 15.2. The van der Waals surface area contributed by atoms with E-state index >= 15 is 0 Å². The van der Waals surface area contributed by atoms with E-state index in [-0.39, 0.29) is 57.1 Å². The number of hydrogen-bond donors (Lipinski definition) is 3. The van der Waals surface area contributed by atoms with Gasteiger partial charge in [-0.15, -0.1) is 11.8 Å². The van der Waals surface area contributed by atoms with Gasteiger partial charge in [0.2, 0.25) is 21.8 Å². The number of thioether (sulfide) groups is 1. The molecule has 4 N–H and O–H groups in total. The van der Waals surface area contributed by atoms with Crippen molar-refractivity contribution in [1.82, 2.24) is 4.98 Å². The SMILES string of the molecule is NS(=O)(=O)c1ccc(NC(=O)COc2cccc([C@H]3c4sc(=O)[nH]c4SC4C3[C@H]3C[C@@H]4C4C(=O)N(c5ccc(Br)cc5)C(=O)C43)c2)cc1. The maximum Gasteiger partial charge on any atom is 0.305 e. The molecule has 246 valence electrons. The van der Waals surface area contributed by atoms with Crippen molar-refractivity contribution in [2.45, 2.75) is 27.5 Å². The zero-order valence-corrected chi connectivity index (χ0v) is 28.9. The van der Waals surface area contributed by atoms with E-state index in [1.54, 1.807) is 30.0 Å². The van der Waals surface area contributed by atoms with E-state index in [9.17, 15) is 27.6 Å². The van der Waals surface area contributed by atoms with Gasteiger partial charge in [0, 0.05) is 26.2 Å². The summed E-state index contributed by atoms with van der Waals surface area (Å²) in [5, 5.41) is 8.66. The molecule has 2 saturated carbocycles. The van der Waals surface area contributed by atoms with Gasteiger partial charge >= 0.3 is 4.87 Å². The normalized spacial score (nSPS) is 27.0. The Morgan fingerprint density at radius 1 is 1.00 bits per heavy atom. The number of aromatic nitrogens is 1. The fraction of sp³-hybridized carbons (Fsp3) is 0.273. The van der Waals surface area contributed by atoms with Gasteiger partial charge in [-0.1, -0.05) is 39.4 Å². The number of nitrogens with one attached hydrogen (secondary N) is 2. The Kier molecular flexibility index (Phi) is 7.67. The minimum atomic E-state index is -3.85. The smallest absolute Gasteiger partial charge is 0.305 e. The maximum absolute atomic E-state index is 14.0. The van der Waals surface area contributed by atoms with Crippen LogP contribution in [0.25, 0.3) is 0 Å². The predicted octanol–water partition coefficient (Wildman–Crippen LogP) is 4.54. The van der Waals surface area contributed by atoms with Crippen molar-refractivity contribution in [3.63, 3.8) is 0 Å². The summed E-state index contributed by atoms with van der Waals surface area (Å²) in [4.78, 5) is 58.2. The third kappa shape index (κ3) is 5.23. The molecule has 4 unspecified atom stereocenters. The average molecular weight is 768 g/mol. The molecule has 4 aromatic rings. The summed E-state index contributed by atoms with van der Waals surface area (Å²) in [6.07, 6.45) is 0.771. The molecular weight excluding hydrogens is 740 g/mol. The first kappa shape index (κ1) is 31.5. The van der Waals surface area contributed by atoms with Crippen LogP contribution in [-0.2, 0) is 24.4 Å². The number of aromatic amines is 1. The summed E-state index contributed by atoms with van der Waals surface area (Å²) in [6.45, 7) is -0.299. The number of carbonyl (C=O) groups excluding carboxylic acids is 3. The lowest BCUT2D eigenvalue weighted by Crippen LogP contribution is -2.42. The van der Waals surface area contributed by atoms with E-state index in [1.807, 2.05) is 30.3 Å². The molecule has 7 atom stereocenters. The Balaban J connectivity index is 1.05. The van der Waals surface area contributed by atoms with Gasteiger partial charge in [-0.05, 0) is 90.4 Å². The molecule has 4 aliphatic rings. The largest absolute Gasteiger partial charge is 0.484 e. The molecule has 0 radical (unpaired) electrons. The van der Waals surface area contributed by atoms with Gasteiger partial charge in [-0.3, -0.25) is 24.1 Å². The molecule has 15 heteroatoms. The number of thiazole rings is 1. The number of anilines is 2. The van der Waals surface area contributed by atoms with Gasteiger partial charge in [0.05, 0.1) is 27.4 Å². The van der Waals surface area contributed by atoms with Crippen molar-refractivity contribution in [2.24, 2.45) is 34.7 Å².